The van der Waals surface area contributed by atoms with Gasteiger partial charge in [-0.25, -0.2) is 8.78 Å². The van der Waals surface area contributed by atoms with Gasteiger partial charge in [-0.05, 0) is 0 Å². The van der Waals surface area contributed by atoms with E-state index in [1.165, 1.54) is 0 Å². The van der Waals surface area contributed by atoms with Crippen molar-refractivity contribution in [2.75, 3.05) is 0 Å². The van der Waals surface area contributed by atoms with Gasteiger partial charge in [0, 0.05) is 0 Å². The summed E-state index contributed by atoms with van der Waals surface area (Å²) in [7, 11) is 0. The summed E-state index contributed by atoms with van der Waals surface area (Å²) in [4.78, 5) is 0. The Balaban J connectivity index is 3.68. The Kier molecular flexibility index (Phi) is 3.02. The van der Waals surface area contributed by atoms with Crippen LogP contribution in [0.3, 0.4) is 0 Å². The Bertz CT molecular complexity index is 386. The zero-order chi connectivity index (χ0) is 12.0. The van der Waals surface area contributed by atoms with Gasteiger partial charge in [0.05, 0.1) is 0 Å². The lowest BCUT2D eigenvalue weighted by Gasteiger charge is -2.12. The molecular formula is C7HCl2F5O. The third kappa shape index (κ3) is 1.96. The monoisotopic (exact) mass is 266 g/mol. The molecule has 0 aliphatic carbocycles. The maximum atomic E-state index is 12.9. The summed E-state index contributed by atoms with van der Waals surface area (Å²) in [6, 6.07) is 0. The Labute approximate surface area is 90.0 Å². The second-order valence-electron chi connectivity index (χ2n) is 2.48. The van der Waals surface area contributed by atoms with Crippen LogP contribution in [0.1, 0.15) is 5.56 Å². The molecule has 0 bridgehead atoms. The molecule has 1 rings (SSSR count). The van der Waals surface area contributed by atoms with E-state index in [0.29, 0.717) is 0 Å². The molecule has 0 spiro atoms. The fourth-order valence-corrected chi connectivity index (χ4v) is 1.30. The number of alkyl halides is 3. The lowest BCUT2D eigenvalue weighted by molar-refractivity contribution is -0.142. The van der Waals surface area contributed by atoms with Crippen molar-refractivity contribution < 1.29 is 27.1 Å². The number of halogens is 7. The predicted octanol–water partition coefficient (Wildman–Crippen LogP) is 4.00. The number of phenolic OH excluding ortho intramolecular Hbond substituents is 1. The Hall–Kier alpha value is -0.750. The van der Waals surface area contributed by atoms with Crippen LogP contribution < -0.4 is 0 Å². The number of phenols is 1. The minimum atomic E-state index is -5.28. The smallest absolute Gasteiger partial charge is 0.422 e. The lowest BCUT2D eigenvalue weighted by Crippen LogP contribution is -2.12. The first-order valence-corrected chi connectivity index (χ1v) is 4.05. The molecule has 1 aromatic carbocycles. The zero-order valence-corrected chi connectivity index (χ0v) is 8.10. The highest BCUT2D eigenvalue weighted by Crippen LogP contribution is 2.44. The summed E-state index contributed by atoms with van der Waals surface area (Å²) in [6.07, 6.45) is -5.28. The summed E-state index contributed by atoms with van der Waals surface area (Å²) in [5, 5.41) is 6.31. The van der Waals surface area contributed by atoms with Gasteiger partial charge in [0.1, 0.15) is 15.6 Å². The average Bonchev–Trinajstić information content (AvgIpc) is 2.09. The molecule has 0 radical (unpaired) electrons. The molecule has 1 aromatic rings. The van der Waals surface area contributed by atoms with E-state index >= 15 is 0 Å². The Morgan fingerprint density at radius 2 is 1.27 bits per heavy atom. The number of benzene rings is 1. The van der Waals surface area contributed by atoms with Crippen LogP contribution >= 0.6 is 23.2 Å². The maximum absolute atomic E-state index is 12.9. The normalized spacial score (nSPS) is 11.9. The number of hydrogen-bond donors (Lipinski definition) is 1. The van der Waals surface area contributed by atoms with Gasteiger partial charge in [-0.2, -0.15) is 13.2 Å². The molecule has 1 nitrogen and oxygen atoms in total. The van der Waals surface area contributed by atoms with Crippen molar-refractivity contribution in [1.29, 1.82) is 0 Å². The molecule has 0 aliphatic rings. The van der Waals surface area contributed by atoms with E-state index in [4.69, 9.17) is 28.3 Å². The quantitative estimate of drug-likeness (QED) is 0.556. The largest absolute Gasteiger partial charge is 0.505 e. The number of hydrogen-bond acceptors (Lipinski definition) is 1. The molecule has 0 atom stereocenters. The van der Waals surface area contributed by atoms with Gasteiger partial charge < -0.3 is 5.11 Å². The van der Waals surface area contributed by atoms with Crippen LogP contribution in [-0.2, 0) is 6.18 Å². The molecule has 15 heavy (non-hydrogen) atoms. The Morgan fingerprint density at radius 3 is 1.53 bits per heavy atom. The summed E-state index contributed by atoms with van der Waals surface area (Å²) in [6.45, 7) is 0. The van der Waals surface area contributed by atoms with Crippen molar-refractivity contribution >= 4 is 23.2 Å². The summed E-state index contributed by atoms with van der Waals surface area (Å²) in [5.41, 5.74) is -2.23. The molecule has 0 aromatic heterocycles. The lowest BCUT2D eigenvalue weighted by atomic mass is 10.1. The fourth-order valence-electron chi connectivity index (χ4n) is 0.869. The average molecular weight is 267 g/mol. The van der Waals surface area contributed by atoms with Crippen LogP contribution in [0.2, 0.25) is 10.0 Å². The molecule has 0 fully saturated rings. The minimum Gasteiger partial charge on any atom is -0.505 e. The van der Waals surface area contributed by atoms with Crippen LogP contribution in [0.4, 0.5) is 22.0 Å². The zero-order valence-electron chi connectivity index (χ0n) is 6.59. The molecule has 84 valence electrons. The van der Waals surface area contributed by atoms with E-state index in [0.717, 1.165) is 0 Å². The molecule has 8 heteroatoms. The first-order chi connectivity index (χ1) is 6.68. The standard InChI is InChI=1S/C7HCl2F5O/c8-2-4(10)1(7(12,13)14)5(11)3(9)6(2)15/h15H. The molecule has 0 aliphatic heterocycles. The highest BCUT2D eigenvalue weighted by molar-refractivity contribution is 6.37. The van der Waals surface area contributed by atoms with Crippen molar-refractivity contribution in [3.8, 4) is 5.75 Å². The van der Waals surface area contributed by atoms with Crippen LogP contribution in [0.25, 0.3) is 0 Å². The molecule has 0 saturated carbocycles. The van der Waals surface area contributed by atoms with Crippen LogP contribution in [-0.4, -0.2) is 5.11 Å². The third-order valence-electron chi connectivity index (χ3n) is 1.52. The van der Waals surface area contributed by atoms with Crippen LogP contribution in [0, 0.1) is 11.6 Å². The van der Waals surface area contributed by atoms with Crippen molar-refractivity contribution in [2.45, 2.75) is 6.18 Å². The van der Waals surface area contributed by atoms with Crippen LogP contribution in [0.15, 0.2) is 0 Å². The predicted molar refractivity (Wildman–Crippen MR) is 43.0 cm³/mol. The summed E-state index contributed by atoms with van der Waals surface area (Å²) >= 11 is 9.98. The van der Waals surface area contributed by atoms with Gasteiger partial charge in [-0.3, -0.25) is 0 Å². The van der Waals surface area contributed by atoms with Gasteiger partial charge in [0.15, 0.2) is 17.4 Å². The SMILES string of the molecule is Oc1c(Cl)c(F)c(C(F)(F)F)c(F)c1Cl. The van der Waals surface area contributed by atoms with E-state index in [-0.39, 0.29) is 0 Å². The highest BCUT2D eigenvalue weighted by atomic mass is 35.5. The van der Waals surface area contributed by atoms with Gasteiger partial charge >= 0.3 is 6.18 Å². The Morgan fingerprint density at radius 1 is 0.933 bits per heavy atom. The first kappa shape index (κ1) is 12.3. The van der Waals surface area contributed by atoms with Gasteiger partial charge in [0.2, 0.25) is 0 Å². The molecule has 0 saturated heterocycles. The number of aromatic hydroxyl groups is 1. The van der Waals surface area contributed by atoms with Gasteiger partial charge in [-0.15, -0.1) is 0 Å². The van der Waals surface area contributed by atoms with Crippen LogP contribution in [0.5, 0.6) is 5.75 Å². The van der Waals surface area contributed by atoms with E-state index in [1.54, 1.807) is 0 Å². The van der Waals surface area contributed by atoms with E-state index in [1.807, 2.05) is 0 Å². The van der Waals surface area contributed by atoms with Crippen molar-refractivity contribution in [2.24, 2.45) is 0 Å². The van der Waals surface area contributed by atoms with Gasteiger partial charge in [0.25, 0.3) is 0 Å². The fraction of sp³-hybridized carbons (Fsp3) is 0.143. The second-order valence-corrected chi connectivity index (χ2v) is 3.23. The first-order valence-electron chi connectivity index (χ1n) is 3.30. The molecule has 0 amide bonds. The molecular weight excluding hydrogens is 266 g/mol. The topological polar surface area (TPSA) is 20.2 Å². The van der Waals surface area contributed by atoms with Gasteiger partial charge in [-0.1, -0.05) is 23.2 Å². The minimum absolute atomic E-state index is 1.26. The van der Waals surface area contributed by atoms with Crippen molar-refractivity contribution in [1.82, 2.24) is 0 Å². The maximum Gasteiger partial charge on any atom is 0.422 e. The highest BCUT2D eigenvalue weighted by Gasteiger charge is 2.41. The molecule has 0 heterocycles. The van der Waals surface area contributed by atoms with E-state index in [2.05, 4.69) is 0 Å². The molecule has 1 N–H and O–H groups in total. The summed E-state index contributed by atoms with van der Waals surface area (Å²) in [5.74, 6) is -5.45. The third-order valence-corrected chi connectivity index (χ3v) is 2.21. The molecule has 0 unspecified atom stereocenters. The van der Waals surface area contributed by atoms with E-state index in [9.17, 15) is 22.0 Å². The number of rotatable bonds is 0. The van der Waals surface area contributed by atoms with Crippen molar-refractivity contribution in [3.63, 3.8) is 0 Å². The summed E-state index contributed by atoms with van der Waals surface area (Å²) < 4.78 is 62.1. The van der Waals surface area contributed by atoms with E-state index < -0.39 is 39.2 Å². The second kappa shape index (κ2) is 3.68. The van der Waals surface area contributed by atoms with Crippen molar-refractivity contribution in [3.05, 3.63) is 27.2 Å².